The van der Waals surface area contributed by atoms with Crippen molar-refractivity contribution < 1.29 is 13.6 Å². The zero-order valence-electron chi connectivity index (χ0n) is 13.7. The second-order valence-corrected chi connectivity index (χ2v) is 6.12. The van der Waals surface area contributed by atoms with E-state index in [-0.39, 0.29) is 10.6 Å². The Hall–Kier alpha value is -3.32. The Morgan fingerprint density at radius 1 is 1.04 bits per heavy atom. The van der Waals surface area contributed by atoms with E-state index in [0.717, 1.165) is 23.2 Å². The monoisotopic (exact) mass is 384 g/mol. The molecule has 134 valence electrons. The number of para-hydroxylation sites is 2. The molecule has 0 bridgehead atoms. The second-order valence-electron chi connectivity index (χ2n) is 5.71. The maximum Gasteiger partial charge on any atom is 0.257 e. The van der Waals surface area contributed by atoms with E-state index in [1.54, 1.807) is 18.5 Å². The molecule has 0 aliphatic heterocycles. The number of anilines is 1. The van der Waals surface area contributed by atoms with E-state index in [1.807, 2.05) is 28.8 Å². The van der Waals surface area contributed by atoms with Crippen molar-refractivity contribution in [3.8, 4) is 5.82 Å². The maximum absolute atomic E-state index is 13.4. The summed E-state index contributed by atoms with van der Waals surface area (Å²) in [6.07, 6.45) is 3.11. The molecule has 4 rings (SSSR count). The van der Waals surface area contributed by atoms with Gasteiger partial charge in [0.05, 0.1) is 33.5 Å². The lowest BCUT2D eigenvalue weighted by Crippen LogP contribution is -2.13. The summed E-state index contributed by atoms with van der Waals surface area (Å²) in [5, 5.41) is 2.38. The normalized spacial score (nSPS) is 10.9. The van der Waals surface area contributed by atoms with Gasteiger partial charge in [0.25, 0.3) is 5.91 Å². The Morgan fingerprint density at radius 2 is 1.81 bits per heavy atom. The Labute approximate surface area is 157 Å². The van der Waals surface area contributed by atoms with E-state index in [1.165, 1.54) is 6.20 Å². The Kier molecular flexibility index (Phi) is 4.29. The van der Waals surface area contributed by atoms with Gasteiger partial charge in [0.15, 0.2) is 11.6 Å². The molecule has 27 heavy (non-hydrogen) atoms. The highest BCUT2D eigenvalue weighted by Crippen LogP contribution is 2.22. The number of halogens is 3. The molecule has 4 aromatic rings. The lowest BCUT2D eigenvalue weighted by atomic mass is 10.2. The zero-order valence-corrected chi connectivity index (χ0v) is 14.4. The molecule has 1 N–H and O–H groups in total. The number of nitrogens with zero attached hydrogens (tertiary/aromatic N) is 3. The number of hydrogen-bond acceptors (Lipinski definition) is 3. The van der Waals surface area contributed by atoms with Crippen molar-refractivity contribution in [3.05, 3.63) is 83.3 Å². The van der Waals surface area contributed by atoms with Crippen LogP contribution in [0.5, 0.6) is 0 Å². The number of aromatic nitrogens is 3. The smallest absolute Gasteiger partial charge is 0.257 e. The third kappa shape index (κ3) is 3.24. The van der Waals surface area contributed by atoms with Crippen LogP contribution in [0.15, 0.2) is 61.1 Å². The fourth-order valence-electron chi connectivity index (χ4n) is 2.64. The third-order valence-electron chi connectivity index (χ3n) is 3.96. The van der Waals surface area contributed by atoms with E-state index >= 15 is 0 Å². The minimum absolute atomic E-state index is 0.166. The van der Waals surface area contributed by atoms with Crippen molar-refractivity contribution in [3.63, 3.8) is 0 Å². The topological polar surface area (TPSA) is 59.8 Å². The number of carbonyl (C=O) groups excluding carboxylic acids is 1. The number of nitrogens with one attached hydrogen (secondary N) is 1. The van der Waals surface area contributed by atoms with Crippen molar-refractivity contribution in [2.75, 3.05) is 5.32 Å². The van der Waals surface area contributed by atoms with E-state index in [4.69, 9.17) is 11.6 Å². The molecule has 0 atom stereocenters. The summed E-state index contributed by atoms with van der Waals surface area (Å²) in [7, 11) is 0. The van der Waals surface area contributed by atoms with Crippen LogP contribution >= 0.6 is 11.6 Å². The van der Waals surface area contributed by atoms with Crippen LogP contribution in [0.25, 0.3) is 16.9 Å². The number of hydrogen-bond donors (Lipinski definition) is 1. The molecule has 1 amide bonds. The van der Waals surface area contributed by atoms with Crippen LogP contribution in [0.3, 0.4) is 0 Å². The summed E-state index contributed by atoms with van der Waals surface area (Å²) < 4.78 is 28.3. The largest absolute Gasteiger partial charge is 0.321 e. The van der Waals surface area contributed by atoms with Crippen LogP contribution in [-0.2, 0) is 0 Å². The molecule has 0 saturated carbocycles. The van der Waals surface area contributed by atoms with Gasteiger partial charge < -0.3 is 5.32 Å². The molecular formula is C19H11ClF2N4O. The second kappa shape index (κ2) is 6.77. The van der Waals surface area contributed by atoms with Gasteiger partial charge in [-0.15, -0.1) is 0 Å². The molecule has 5 nitrogen and oxygen atoms in total. The fraction of sp³-hybridized carbons (Fsp3) is 0. The van der Waals surface area contributed by atoms with Gasteiger partial charge in [-0.2, -0.15) is 0 Å². The molecule has 0 radical (unpaired) electrons. The van der Waals surface area contributed by atoms with E-state index in [2.05, 4.69) is 15.3 Å². The first-order valence-electron chi connectivity index (χ1n) is 7.87. The first-order chi connectivity index (χ1) is 13.0. The quantitative estimate of drug-likeness (QED) is 0.525. The summed E-state index contributed by atoms with van der Waals surface area (Å²) in [5.41, 5.74) is 1.95. The number of amides is 1. The van der Waals surface area contributed by atoms with Gasteiger partial charge in [-0.05, 0) is 36.4 Å². The summed E-state index contributed by atoms with van der Waals surface area (Å²) in [6.45, 7) is 0. The summed E-state index contributed by atoms with van der Waals surface area (Å²) in [6, 6.07) is 12.5. The first kappa shape index (κ1) is 17.1. The zero-order chi connectivity index (χ0) is 19.0. The molecule has 0 aliphatic carbocycles. The number of pyridine rings is 1. The van der Waals surface area contributed by atoms with Gasteiger partial charge in [-0.1, -0.05) is 23.7 Å². The van der Waals surface area contributed by atoms with Gasteiger partial charge in [0.2, 0.25) is 0 Å². The Balaban J connectivity index is 1.58. The lowest BCUT2D eigenvalue weighted by molar-refractivity contribution is 0.102. The number of carbonyl (C=O) groups is 1. The first-order valence-corrected chi connectivity index (χ1v) is 8.25. The van der Waals surface area contributed by atoms with Crippen LogP contribution in [0.2, 0.25) is 5.02 Å². The van der Waals surface area contributed by atoms with Crippen LogP contribution in [0, 0.1) is 11.6 Å². The predicted octanol–water partition coefficient (Wildman–Crippen LogP) is 4.60. The average molecular weight is 385 g/mol. The number of fused-ring (bicyclic) bond motifs is 1. The van der Waals surface area contributed by atoms with E-state index < -0.39 is 17.5 Å². The molecular weight excluding hydrogens is 374 g/mol. The highest BCUT2D eigenvalue weighted by Gasteiger charge is 2.15. The molecule has 8 heteroatoms. The minimum Gasteiger partial charge on any atom is -0.321 e. The maximum atomic E-state index is 13.4. The van der Waals surface area contributed by atoms with Crippen molar-refractivity contribution >= 4 is 34.2 Å². The Bertz CT molecular complexity index is 1160. The molecule has 2 aromatic carbocycles. The molecule has 2 heterocycles. The van der Waals surface area contributed by atoms with E-state index in [9.17, 15) is 13.6 Å². The van der Waals surface area contributed by atoms with Crippen LogP contribution in [0.4, 0.5) is 14.5 Å². The molecule has 0 spiro atoms. The van der Waals surface area contributed by atoms with Gasteiger partial charge in [0.1, 0.15) is 12.1 Å². The summed E-state index contributed by atoms with van der Waals surface area (Å²) >= 11 is 5.82. The summed E-state index contributed by atoms with van der Waals surface area (Å²) in [4.78, 5) is 20.9. The van der Waals surface area contributed by atoms with Crippen molar-refractivity contribution in [1.29, 1.82) is 0 Å². The summed E-state index contributed by atoms with van der Waals surface area (Å²) in [5.74, 6) is -2.31. The molecule has 0 fully saturated rings. The number of imidazole rings is 1. The van der Waals surface area contributed by atoms with E-state index in [0.29, 0.717) is 11.5 Å². The van der Waals surface area contributed by atoms with Crippen molar-refractivity contribution in [2.24, 2.45) is 0 Å². The van der Waals surface area contributed by atoms with Gasteiger partial charge in [-0.25, -0.2) is 18.7 Å². The lowest BCUT2D eigenvalue weighted by Gasteiger charge is -2.08. The highest BCUT2D eigenvalue weighted by molar-refractivity contribution is 6.34. The number of rotatable bonds is 3. The average Bonchev–Trinajstić information content (AvgIpc) is 3.09. The molecule has 2 aromatic heterocycles. The third-order valence-corrected chi connectivity index (χ3v) is 4.27. The Morgan fingerprint density at radius 3 is 2.59 bits per heavy atom. The molecule has 0 unspecified atom stereocenters. The van der Waals surface area contributed by atoms with Gasteiger partial charge >= 0.3 is 0 Å². The molecule has 0 aliphatic rings. The predicted molar refractivity (Wildman–Crippen MR) is 98.2 cm³/mol. The van der Waals surface area contributed by atoms with Crippen molar-refractivity contribution in [1.82, 2.24) is 14.5 Å². The van der Waals surface area contributed by atoms with Crippen LogP contribution < -0.4 is 5.32 Å². The highest BCUT2D eigenvalue weighted by atomic mass is 35.5. The minimum atomic E-state index is -1.15. The standard InChI is InChI=1S/C19H11ClF2N4O/c20-13-8-15(22)14(21)7-12(13)19(27)25-11-5-6-18(23-9-11)26-10-24-16-3-1-2-4-17(16)26/h1-10H,(H,25,27). The fourth-order valence-corrected chi connectivity index (χ4v) is 2.88. The number of benzene rings is 2. The van der Waals surface area contributed by atoms with Crippen LogP contribution in [0.1, 0.15) is 10.4 Å². The van der Waals surface area contributed by atoms with Gasteiger partial charge in [0, 0.05) is 0 Å². The molecule has 0 saturated heterocycles. The van der Waals surface area contributed by atoms with Crippen molar-refractivity contribution in [2.45, 2.75) is 0 Å². The SMILES string of the molecule is O=C(Nc1ccc(-n2cnc3ccccc32)nc1)c1cc(F)c(F)cc1Cl. The van der Waals surface area contributed by atoms with Gasteiger partial charge in [-0.3, -0.25) is 9.36 Å². The van der Waals surface area contributed by atoms with Crippen LogP contribution in [-0.4, -0.2) is 20.4 Å².